The van der Waals surface area contributed by atoms with Crippen LogP contribution >= 0.6 is 11.3 Å². The molecule has 0 bridgehead atoms. The van der Waals surface area contributed by atoms with Crippen molar-refractivity contribution in [3.8, 4) is 0 Å². The second kappa shape index (κ2) is 6.17. The molecule has 4 heteroatoms. The van der Waals surface area contributed by atoms with Crippen molar-refractivity contribution in [3.05, 3.63) is 22.4 Å². The van der Waals surface area contributed by atoms with Gasteiger partial charge in [-0.05, 0) is 36.8 Å². The number of rotatable bonds is 4. The van der Waals surface area contributed by atoms with E-state index in [0.29, 0.717) is 12.5 Å². The number of hydrogen-bond donors (Lipinski definition) is 1. The number of nitrogens with one attached hydrogen (secondary N) is 1. The second-order valence-corrected chi connectivity index (χ2v) is 5.67. The summed E-state index contributed by atoms with van der Waals surface area (Å²) >= 11 is 1.70. The van der Waals surface area contributed by atoms with Crippen LogP contribution in [0.15, 0.2) is 17.5 Å². The molecule has 1 aliphatic rings. The van der Waals surface area contributed by atoms with Crippen molar-refractivity contribution in [3.63, 3.8) is 0 Å². The van der Waals surface area contributed by atoms with Crippen LogP contribution in [0.1, 0.15) is 24.6 Å². The van der Waals surface area contributed by atoms with Crippen LogP contribution in [0, 0.1) is 5.92 Å². The topological polar surface area (TPSA) is 38.3 Å². The minimum Gasteiger partial charge on any atom is -0.464 e. The molecule has 1 aromatic heterocycles. The molecule has 2 unspecified atom stereocenters. The Hall–Kier alpha value is -0.870. The van der Waals surface area contributed by atoms with Crippen LogP contribution in [0.3, 0.4) is 0 Å². The third kappa shape index (κ3) is 3.82. The van der Waals surface area contributed by atoms with Gasteiger partial charge in [0, 0.05) is 11.3 Å². The molecule has 1 fully saturated rings. The molecule has 0 radical (unpaired) electrons. The zero-order chi connectivity index (χ0) is 12.1. The normalized spacial score (nSPS) is 24.5. The van der Waals surface area contributed by atoms with Crippen LogP contribution in [0.5, 0.6) is 0 Å². The van der Waals surface area contributed by atoms with Crippen LogP contribution in [0.4, 0.5) is 0 Å². The van der Waals surface area contributed by atoms with Crippen molar-refractivity contribution < 1.29 is 9.53 Å². The molecular weight excluding hydrogens is 234 g/mol. The maximum Gasteiger partial charge on any atom is 0.323 e. The van der Waals surface area contributed by atoms with Gasteiger partial charge in [0.25, 0.3) is 0 Å². The standard InChI is InChI=1S/C13H19NO2S/c1-10-4-6-14-12(9-10)13(15)16-7-5-11-3-2-8-17-11/h2-3,8,10,12,14H,4-7,9H2,1H3. The van der Waals surface area contributed by atoms with E-state index in [1.54, 1.807) is 11.3 Å². The first-order valence-corrected chi connectivity index (χ1v) is 7.06. The lowest BCUT2D eigenvalue weighted by Crippen LogP contribution is -2.44. The number of esters is 1. The van der Waals surface area contributed by atoms with Gasteiger partial charge in [-0.2, -0.15) is 0 Å². The van der Waals surface area contributed by atoms with Gasteiger partial charge < -0.3 is 10.1 Å². The van der Waals surface area contributed by atoms with Crippen LogP contribution in [0.25, 0.3) is 0 Å². The summed E-state index contributed by atoms with van der Waals surface area (Å²) < 4.78 is 5.31. The number of piperidine rings is 1. The van der Waals surface area contributed by atoms with Crippen LogP contribution in [0.2, 0.25) is 0 Å². The predicted molar refractivity (Wildman–Crippen MR) is 69.2 cm³/mol. The van der Waals surface area contributed by atoms with E-state index in [4.69, 9.17) is 4.74 Å². The van der Waals surface area contributed by atoms with E-state index in [2.05, 4.69) is 18.3 Å². The first kappa shape index (κ1) is 12.6. The molecule has 1 aliphatic heterocycles. The lowest BCUT2D eigenvalue weighted by Gasteiger charge is -2.26. The van der Waals surface area contributed by atoms with Gasteiger partial charge in [-0.1, -0.05) is 13.0 Å². The fourth-order valence-corrected chi connectivity index (χ4v) is 2.78. The zero-order valence-electron chi connectivity index (χ0n) is 10.1. The van der Waals surface area contributed by atoms with E-state index < -0.39 is 0 Å². The van der Waals surface area contributed by atoms with Gasteiger partial charge in [-0.3, -0.25) is 4.79 Å². The molecule has 94 valence electrons. The fourth-order valence-electron chi connectivity index (χ4n) is 2.09. The van der Waals surface area contributed by atoms with Gasteiger partial charge in [-0.25, -0.2) is 0 Å². The van der Waals surface area contributed by atoms with E-state index >= 15 is 0 Å². The predicted octanol–water partition coefficient (Wildman–Crippen LogP) is 2.22. The molecule has 0 aliphatic carbocycles. The largest absolute Gasteiger partial charge is 0.464 e. The Labute approximate surface area is 106 Å². The number of hydrogen-bond acceptors (Lipinski definition) is 4. The number of thiophene rings is 1. The van der Waals surface area contributed by atoms with Gasteiger partial charge >= 0.3 is 5.97 Å². The van der Waals surface area contributed by atoms with Gasteiger partial charge in [0.1, 0.15) is 6.04 Å². The fraction of sp³-hybridized carbons (Fsp3) is 0.615. The lowest BCUT2D eigenvalue weighted by molar-refractivity contribution is -0.147. The van der Waals surface area contributed by atoms with E-state index in [9.17, 15) is 4.79 Å². The second-order valence-electron chi connectivity index (χ2n) is 4.63. The number of ether oxygens (including phenoxy) is 1. The summed E-state index contributed by atoms with van der Waals surface area (Å²) in [5.74, 6) is 0.527. The maximum atomic E-state index is 11.8. The third-order valence-electron chi connectivity index (χ3n) is 3.12. The first-order chi connectivity index (χ1) is 8.25. The van der Waals surface area contributed by atoms with Crippen LogP contribution in [-0.2, 0) is 16.0 Å². The SMILES string of the molecule is CC1CCNC(C(=O)OCCc2cccs2)C1. The summed E-state index contributed by atoms with van der Waals surface area (Å²) in [7, 11) is 0. The molecule has 2 rings (SSSR count). The Morgan fingerprint density at radius 1 is 1.65 bits per heavy atom. The zero-order valence-corrected chi connectivity index (χ0v) is 11.0. The molecule has 17 heavy (non-hydrogen) atoms. The highest BCUT2D eigenvalue weighted by molar-refractivity contribution is 7.09. The summed E-state index contributed by atoms with van der Waals surface area (Å²) in [5.41, 5.74) is 0. The van der Waals surface area contributed by atoms with Crippen molar-refractivity contribution in [1.29, 1.82) is 0 Å². The van der Waals surface area contributed by atoms with Gasteiger partial charge in [0.2, 0.25) is 0 Å². The summed E-state index contributed by atoms with van der Waals surface area (Å²) in [6.45, 7) is 3.60. The molecule has 1 N–H and O–H groups in total. The smallest absolute Gasteiger partial charge is 0.323 e. The minimum absolute atomic E-state index is 0.0897. The minimum atomic E-state index is -0.0953. The summed E-state index contributed by atoms with van der Waals surface area (Å²) in [6, 6.07) is 3.99. The lowest BCUT2D eigenvalue weighted by atomic mass is 9.94. The third-order valence-corrected chi connectivity index (χ3v) is 4.06. The van der Waals surface area contributed by atoms with Gasteiger partial charge in [-0.15, -0.1) is 11.3 Å². The summed E-state index contributed by atoms with van der Waals surface area (Å²) in [6.07, 6.45) is 2.88. The average molecular weight is 253 g/mol. The Kier molecular flexibility index (Phi) is 4.57. The van der Waals surface area contributed by atoms with Crippen molar-refractivity contribution in [2.45, 2.75) is 32.2 Å². The molecule has 2 atom stereocenters. The van der Waals surface area contributed by atoms with E-state index in [1.165, 1.54) is 4.88 Å². The summed E-state index contributed by atoms with van der Waals surface area (Å²) in [5, 5.41) is 5.26. The van der Waals surface area contributed by atoms with Crippen LogP contribution in [-0.4, -0.2) is 25.2 Å². The maximum absolute atomic E-state index is 11.8. The molecule has 0 aromatic carbocycles. The Morgan fingerprint density at radius 2 is 2.53 bits per heavy atom. The molecule has 1 aromatic rings. The quantitative estimate of drug-likeness (QED) is 0.836. The van der Waals surface area contributed by atoms with E-state index in [1.807, 2.05) is 11.4 Å². The summed E-state index contributed by atoms with van der Waals surface area (Å²) in [4.78, 5) is 13.1. The van der Waals surface area contributed by atoms with Crippen LogP contribution < -0.4 is 5.32 Å². The Balaban J connectivity index is 1.70. The molecule has 0 spiro atoms. The molecule has 0 amide bonds. The van der Waals surface area contributed by atoms with Gasteiger partial charge in [0.15, 0.2) is 0 Å². The molecular formula is C13H19NO2S. The van der Waals surface area contributed by atoms with Crippen molar-refractivity contribution in [2.75, 3.05) is 13.2 Å². The van der Waals surface area contributed by atoms with Crippen molar-refractivity contribution >= 4 is 17.3 Å². The molecule has 0 saturated carbocycles. The van der Waals surface area contributed by atoms with Gasteiger partial charge in [0.05, 0.1) is 6.61 Å². The first-order valence-electron chi connectivity index (χ1n) is 6.18. The average Bonchev–Trinajstić information content (AvgIpc) is 2.82. The monoisotopic (exact) mass is 253 g/mol. The Bertz CT molecular complexity index is 350. The van der Waals surface area contributed by atoms with Crippen molar-refractivity contribution in [2.24, 2.45) is 5.92 Å². The number of carbonyl (C=O) groups excluding carboxylic acids is 1. The highest BCUT2D eigenvalue weighted by Crippen LogP contribution is 2.16. The molecule has 2 heterocycles. The highest BCUT2D eigenvalue weighted by atomic mass is 32.1. The van der Waals surface area contributed by atoms with E-state index in [-0.39, 0.29) is 12.0 Å². The molecule has 1 saturated heterocycles. The molecule has 3 nitrogen and oxygen atoms in total. The van der Waals surface area contributed by atoms with Crippen molar-refractivity contribution in [1.82, 2.24) is 5.32 Å². The van der Waals surface area contributed by atoms with E-state index in [0.717, 1.165) is 25.8 Å². The number of carbonyl (C=O) groups is 1. The Morgan fingerprint density at radius 3 is 3.24 bits per heavy atom. The highest BCUT2D eigenvalue weighted by Gasteiger charge is 2.25.